The highest BCUT2D eigenvalue weighted by Crippen LogP contribution is 2.15. The SMILES string of the molecule is CC(=O)NS(=O)(=O)c1ccc(NC(=O)c2ccc(-n3nc(C)cc3C)nn2)cc1. The van der Waals surface area contributed by atoms with Crippen LogP contribution in [0.4, 0.5) is 5.69 Å². The topological polar surface area (TPSA) is 136 Å². The number of hydrogen-bond donors (Lipinski definition) is 2. The van der Waals surface area contributed by atoms with Gasteiger partial charge in [0, 0.05) is 18.3 Å². The fourth-order valence-electron chi connectivity index (χ4n) is 2.58. The van der Waals surface area contributed by atoms with Gasteiger partial charge in [-0.25, -0.2) is 17.8 Å². The number of rotatable bonds is 5. The number of aryl methyl sites for hydroxylation is 2. The predicted molar refractivity (Wildman–Crippen MR) is 104 cm³/mol. The summed E-state index contributed by atoms with van der Waals surface area (Å²) in [6, 6.07) is 10.4. The minimum absolute atomic E-state index is 0.0882. The second-order valence-corrected chi connectivity index (χ2v) is 7.94. The second-order valence-electron chi connectivity index (χ2n) is 6.26. The van der Waals surface area contributed by atoms with E-state index in [0.29, 0.717) is 11.5 Å². The number of aromatic nitrogens is 4. The van der Waals surface area contributed by atoms with E-state index < -0.39 is 21.8 Å². The molecule has 150 valence electrons. The van der Waals surface area contributed by atoms with Crippen molar-refractivity contribution in [3.63, 3.8) is 0 Å². The Morgan fingerprint density at radius 2 is 1.69 bits per heavy atom. The Labute approximate surface area is 167 Å². The van der Waals surface area contributed by atoms with Crippen molar-refractivity contribution >= 4 is 27.5 Å². The summed E-state index contributed by atoms with van der Waals surface area (Å²) >= 11 is 0. The Bertz CT molecular complexity index is 1170. The van der Waals surface area contributed by atoms with Crippen molar-refractivity contribution in [2.24, 2.45) is 0 Å². The number of carbonyl (C=O) groups excluding carboxylic acids is 2. The van der Waals surface area contributed by atoms with Crippen LogP contribution in [0.2, 0.25) is 0 Å². The summed E-state index contributed by atoms with van der Waals surface area (Å²) in [4.78, 5) is 23.2. The summed E-state index contributed by atoms with van der Waals surface area (Å²) < 4.78 is 27.3. The Balaban J connectivity index is 1.72. The van der Waals surface area contributed by atoms with Gasteiger partial charge >= 0.3 is 0 Å². The number of anilines is 1. The molecule has 0 saturated carbocycles. The molecular formula is C18H18N6O4S. The molecule has 0 aliphatic rings. The molecule has 2 aromatic heterocycles. The first-order chi connectivity index (χ1) is 13.7. The van der Waals surface area contributed by atoms with Gasteiger partial charge in [-0.3, -0.25) is 9.59 Å². The third-order valence-corrected chi connectivity index (χ3v) is 5.26. The summed E-state index contributed by atoms with van der Waals surface area (Å²) in [5.74, 6) is -0.709. The molecule has 29 heavy (non-hydrogen) atoms. The maximum Gasteiger partial charge on any atom is 0.276 e. The Morgan fingerprint density at radius 1 is 1.00 bits per heavy atom. The molecule has 0 aliphatic heterocycles. The summed E-state index contributed by atoms with van der Waals surface area (Å²) in [6.45, 7) is 4.86. The van der Waals surface area contributed by atoms with E-state index in [1.54, 1.807) is 10.7 Å². The van der Waals surface area contributed by atoms with Gasteiger partial charge in [0.05, 0.1) is 10.6 Å². The van der Waals surface area contributed by atoms with Crippen molar-refractivity contribution in [2.45, 2.75) is 25.7 Å². The van der Waals surface area contributed by atoms with Crippen LogP contribution in [0.25, 0.3) is 5.82 Å². The molecule has 3 rings (SSSR count). The first-order valence-corrected chi connectivity index (χ1v) is 9.96. The van der Waals surface area contributed by atoms with Crippen LogP contribution in [0.15, 0.2) is 47.4 Å². The third-order valence-electron chi connectivity index (χ3n) is 3.81. The fraction of sp³-hybridized carbons (Fsp3) is 0.167. The molecule has 3 aromatic rings. The van der Waals surface area contributed by atoms with Crippen LogP contribution in [0.3, 0.4) is 0 Å². The van der Waals surface area contributed by atoms with E-state index in [2.05, 4.69) is 20.6 Å². The van der Waals surface area contributed by atoms with E-state index in [1.807, 2.05) is 24.6 Å². The average Bonchev–Trinajstić information content (AvgIpc) is 2.99. The minimum Gasteiger partial charge on any atom is -0.321 e. The average molecular weight is 414 g/mol. The molecular weight excluding hydrogens is 396 g/mol. The number of nitrogens with zero attached hydrogens (tertiary/aromatic N) is 4. The highest BCUT2D eigenvalue weighted by Gasteiger charge is 2.16. The van der Waals surface area contributed by atoms with E-state index in [4.69, 9.17) is 0 Å². The molecule has 2 amide bonds. The van der Waals surface area contributed by atoms with E-state index in [1.165, 1.54) is 30.3 Å². The lowest BCUT2D eigenvalue weighted by atomic mass is 10.3. The monoisotopic (exact) mass is 414 g/mol. The summed E-state index contributed by atoms with van der Waals surface area (Å²) in [7, 11) is -3.93. The molecule has 0 saturated heterocycles. The number of carbonyl (C=O) groups is 2. The standard InChI is InChI=1S/C18H18N6O4S/c1-11-10-12(2)24(22-11)17-9-8-16(20-21-17)18(26)19-14-4-6-15(7-5-14)29(27,28)23-13(3)25/h4-10H,1-3H3,(H,19,26)(H,23,25). The van der Waals surface area contributed by atoms with Gasteiger partial charge in [0.1, 0.15) is 0 Å². The fourth-order valence-corrected chi connectivity index (χ4v) is 3.57. The van der Waals surface area contributed by atoms with Crippen LogP contribution in [0.1, 0.15) is 28.8 Å². The zero-order chi connectivity index (χ0) is 21.2. The molecule has 2 heterocycles. The number of sulfonamides is 1. The van der Waals surface area contributed by atoms with E-state index in [9.17, 15) is 18.0 Å². The van der Waals surface area contributed by atoms with Crippen LogP contribution >= 0.6 is 0 Å². The van der Waals surface area contributed by atoms with Crippen LogP contribution in [-0.4, -0.2) is 40.2 Å². The molecule has 0 aliphatic carbocycles. The molecule has 0 fully saturated rings. The number of amides is 2. The van der Waals surface area contributed by atoms with Crippen molar-refractivity contribution in [3.05, 3.63) is 59.5 Å². The molecule has 10 nitrogen and oxygen atoms in total. The summed E-state index contributed by atoms with van der Waals surface area (Å²) in [6.07, 6.45) is 0. The minimum atomic E-state index is -3.93. The molecule has 0 spiro atoms. The zero-order valence-electron chi connectivity index (χ0n) is 15.9. The van der Waals surface area contributed by atoms with Gasteiger partial charge in [0.2, 0.25) is 5.91 Å². The number of hydrogen-bond acceptors (Lipinski definition) is 7. The third kappa shape index (κ3) is 4.63. The molecule has 2 N–H and O–H groups in total. The second kappa shape index (κ2) is 7.80. The van der Waals surface area contributed by atoms with Crippen LogP contribution < -0.4 is 10.0 Å². The van der Waals surface area contributed by atoms with Gasteiger partial charge in [-0.05, 0) is 56.3 Å². The zero-order valence-corrected chi connectivity index (χ0v) is 16.7. The molecule has 0 radical (unpaired) electrons. The van der Waals surface area contributed by atoms with Gasteiger partial charge in [-0.15, -0.1) is 10.2 Å². The highest BCUT2D eigenvalue weighted by atomic mass is 32.2. The summed E-state index contributed by atoms with van der Waals surface area (Å²) in [5, 5.41) is 14.9. The Kier molecular flexibility index (Phi) is 5.41. The van der Waals surface area contributed by atoms with Crippen molar-refractivity contribution < 1.29 is 18.0 Å². The first kappa shape index (κ1) is 20.1. The van der Waals surface area contributed by atoms with Crippen LogP contribution in [0.5, 0.6) is 0 Å². The predicted octanol–water partition coefficient (Wildman–Crippen LogP) is 1.36. The molecule has 1 aromatic carbocycles. The highest BCUT2D eigenvalue weighted by molar-refractivity contribution is 7.90. The van der Waals surface area contributed by atoms with Crippen molar-refractivity contribution in [1.29, 1.82) is 0 Å². The van der Waals surface area contributed by atoms with Crippen molar-refractivity contribution in [2.75, 3.05) is 5.32 Å². The van der Waals surface area contributed by atoms with Gasteiger partial charge in [-0.1, -0.05) is 0 Å². The van der Waals surface area contributed by atoms with Gasteiger partial charge < -0.3 is 5.32 Å². The van der Waals surface area contributed by atoms with Crippen LogP contribution in [0, 0.1) is 13.8 Å². The van der Waals surface area contributed by atoms with E-state index in [-0.39, 0.29) is 10.6 Å². The first-order valence-electron chi connectivity index (χ1n) is 8.48. The van der Waals surface area contributed by atoms with Gasteiger partial charge in [0.15, 0.2) is 11.5 Å². The quantitative estimate of drug-likeness (QED) is 0.643. The lowest BCUT2D eigenvalue weighted by molar-refractivity contribution is -0.117. The molecule has 0 bridgehead atoms. The Morgan fingerprint density at radius 3 is 2.21 bits per heavy atom. The van der Waals surface area contributed by atoms with Crippen LogP contribution in [-0.2, 0) is 14.8 Å². The maximum absolute atomic E-state index is 12.3. The molecule has 0 unspecified atom stereocenters. The van der Waals surface area contributed by atoms with Gasteiger partial charge in [-0.2, -0.15) is 5.10 Å². The van der Waals surface area contributed by atoms with E-state index in [0.717, 1.165) is 18.3 Å². The number of benzene rings is 1. The smallest absolute Gasteiger partial charge is 0.276 e. The largest absolute Gasteiger partial charge is 0.321 e. The lowest BCUT2D eigenvalue weighted by Gasteiger charge is -2.08. The molecule has 0 atom stereocenters. The normalized spacial score (nSPS) is 11.1. The van der Waals surface area contributed by atoms with Crippen molar-refractivity contribution in [1.82, 2.24) is 24.7 Å². The maximum atomic E-state index is 12.3. The lowest BCUT2D eigenvalue weighted by Crippen LogP contribution is -2.28. The Hall–Kier alpha value is -3.60. The van der Waals surface area contributed by atoms with Crippen molar-refractivity contribution in [3.8, 4) is 5.82 Å². The summed E-state index contributed by atoms with van der Waals surface area (Å²) in [5.41, 5.74) is 2.19. The number of nitrogens with one attached hydrogen (secondary N) is 2. The van der Waals surface area contributed by atoms with E-state index >= 15 is 0 Å². The van der Waals surface area contributed by atoms with Gasteiger partial charge in [0.25, 0.3) is 15.9 Å². The molecule has 11 heteroatoms.